The van der Waals surface area contributed by atoms with Crippen LogP contribution in [-0.4, -0.2) is 11.2 Å². The summed E-state index contributed by atoms with van der Waals surface area (Å²) < 4.78 is 0. The lowest BCUT2D eigenvalue weighted by Crippen LogP contribution is -2.40. The van der Waals surface area contributed by atoms with E-state index >= 15 is 0 Å². The molecular weight excluding hydrogens is 196 g/mol. The van der Waals surface area contributed by atoms with Gasteiger partial charge in [-0.25, -0.2) is 0 Å². The van der Waals surface area contributed by atoms with Crippen LogP contribution in [-0.2, 0) is 0 Å². The maximum Gasteiger partial charge on any atom is 0.0791 e. The molecular formula is C15H24O. The van der Waals surface area contributed by atoms with Crippen molar-refractivity contribution in [2.45, 2.75) is 46.1 Å². The molecule has 1 heteroatoms. The minimum atomic E-state index is -0.302. The van der Waals surface area contributed by atoms with Crippen molar-refractivity contribution in [2.24, 2.45) is 23.7 Å². The van der Waals surface area contributed by atoms with Gasteiger partial charge in [0.05, 0.1) is 6.10 Å². The summed E-state index contributed by atoms with van der Waals surface area (Å²) in [4.78, 5) is 0. The molecule has 0 aromatic heterocycles. The van der Waals surface area contributed by atoms with Gasteiger partial charge in [0, 0.05) is 5.92 Å². The molecule has 0 aromatic rings. The highest BCUT2D eigenvalue weighted by molar-refractivity contribution is 5.21. The predicted octanol–water partition coefficient (Wildman–Crippen LogP) is 3.55. The topological polar surface area (TPSA) is 20.2 Å². The van der Waals surface area contributed by atoms with Crippen LogP contribution < -0.4 is 0 Å². The van der Waals surface area contributed by atoms with Crippen LogP contribution >= 0.6 is 0 Å². The number of fused-ring (bicyclic) bond motifs is 1. The third kappa shape index (κ3) is 1.98. The first kappa shape index (κ1) is 11.9. The van der Waals surface area contributed by atoms with Gasteiger partial charge in [-0.2, -0.15) is 0 Å². The molecule has 0 aliphatic heterocycles. The van der Waals surface area contributed by atoms with Crippen LogP contribution in [0.5, 0.6) is 0 Å². The van der Waals surface area contributed by atoms with E-state index in [4.69, 9.17) is 0 Å². The van der Waals surface area contributed by atoms with E-state index in [0.717, 1.165) is 11.5 Å². The maximum absolute atomic E-state index is 10.2. The minimum Gasteiger partial charge on any atom is -0.388 e. The van der Waals surface area contributed by atoms with E-state index in [1.807, 2.05) is 0 Å². The van der Waals surface area contributed by atoms with Gasteiger partial charge in [0.1, 0.15) is 0 Å². The molecule has 0 aromatic carbocycles. The molecule has 0 spiro atoms. The summed E-state index contributed by atoms with van der Waals surface area (Å²) in [7, 11) is 0. The van der Waals surface area contributed by atoms with Crippen LogP contribution in [0.2, 0.25) is 0 Å². The molecule has 0 saturated heterocycles. The van der Waals surface area contributed by atoms with Gasteiger partial charge in [0.2, 0.25) is 0 Å². The van der Waals surface area contributed by atoms with E-state index in [-0.39, 0.29) is 12.0 Å². The summed E-state index contributed by atoms with van der Waals surface area (Å²) in [5, 5.41) is 10.2. The summed E-state index contributed by atoms with van der Waals surface area (Å²) in [5.74, 6) is 2.42. The van der Waals surface area contributed by atoms with Gasteiger partial charge in [0.25, 0.3) is 0 Å². The monoisotopic (exact) mass is 220 g/mol. The Bertz CT molecular complexity index is 315. The quantitative estimate of drug-likeness (QED) is 0.670. The third-order valence-corrected chi connectivity index (χ3v) is 4.58. The smallest absolute Gasteiger partial charge is 0.0791 e. The Kier molecular flexibility index (Phi) is 3.25. The Morgan fingerprint density at radius 1 is 1.44 bits per heavy atom. The normalized spacial score (nSPS) is 43.5. The Labute approximate surface area is 99.3 Å². The van der Waals surface area contributed by atoms with E-state index in [0.29, 0.717) is 11.8 Å². The van der Waals surface area contributed by atoms with Crippen molar-refractivity contribution in [1.82, 2.24) is 0 Å². The number of aliphatic hydroxyl groups excluding tert-OH is 1. The molecule has 90 valence electrons. The average Bonchev–Trinajstić information content (AvgIpc) is 2.15. The molecule has 0 radical (unpaired) electrons. The molecule has 2 rings (SSSR count). The first-order valence-electron chi connectivity index (χ1n) is 6.52. The second-order valence-electron chi connectivity index (χ2n) is 5.96. The van der Waals surface area contributed by atoms with Crippen molar-refractivity contribution >= 4 is 0 Å². The fourth-order valence-corrected chi connectivity index (χ4v) is 3.79. The second kappa shape index (κ2) is 4.37. The van der Waals surface area contributed by atoms with Crippen molar-refractivity contribution in [3.63, 3.8) is 0 Å². The molecule has 0 bridgehead atoms. The zero-order valence-electron chi connectivity index (χ0n) is 10.7. The Hall–Kier alpha value is -0.560. The summed E-state index contributed by atoms with van der Waals surface area (Å²) in [6.45, 7) is 10.7. The van der Waals surface area contributed by atoms with Crippen LogP contribution in [0.1, 0.15) is 40.0 Å². The van der Waals surface area contributed by atoms with Crippen LogP contribution in [0.3, 0.4) is 0 Å². The maximum atomic E-state index is 10.2. The van der Waals surface area contributed by atoms with Crippen molar-refractivity contribution in [3.8, 4) is 0 Å². The molecule has 16 heavy (non-hydrogen) atoms. The fourth-order valence-electron chi connectivity index (χ4n) is 3.79. The summed E-state index contributed by atoms with van der Waals surface area (Å²) in [6, 6.07) is 0. The summed E-state index contributed by atoms with van der Waals surface area (Å²) in [6.07, 6.45) is 5.65. The third-order valence-electron chi connectivity index (χ3n) is 4.58. The van der Waals surface area contributed by atoms with Gasteiger partial charge in [-0.05, 0) is 44.4 Å². The van der Waals surface area contributed by atoms with E-state index in [2.05, 4.69) is 33.4 Å². The predicted molar refractivity (Wildman–Crippen MR) is 68.1 cm³/mol. The van der Waals surface area contributed by atoms with Crippen LogP contribution in [0.4, 0.5) is 0 Å². The highest BCUT2D eigenvalue weighted by Crippen LogP contribution is 2.47. The first-order chi connectivity index (χ1) is 7.50. The van der Waals surface area contributed by atoms with Gasteiger partial charge in [0.15, 0.2) is 0 Å². The van der Waals surface area contributed by atoms with Crippen molar-refractivity contribution in [3.05, 3.63) is 23.8 Å². The molecule has 1 saturated carbocycles. The number of rotatable bonds is 1. The molecule has 1 nitrogen and oxygen atoms in total. The Balaban J connectivity index is 2.29. The standard InChI is InChI=1S/C15H24O/c1-9(2)15-13-7-10(3)5-6-12(13)11(4)8-14(15)16/h8,10,12-16H,1,5-7H2,2-4H3/t10-,12?,13+,14+,15-/m0/s1. The SMILES string of the molecule is C=C(C)[C@@H]1[C@H](O)C=C(C)C2CC[C@H](C)C[C@H]21. The summed E-state index contributed by atoms with van der Waals surface area (Å²) >= 11 is 0. The van der Waals surface area contributed by atoms with E-state index in [9.17, 15) is 5.11 Å². The van der Waals surface area contributed by atoms with E-state index in [1.54, 1.807) is 0 Å². The van der Waals surface area contributed by atoms with Crippen molar-refractivity contribution in [2.75, 3.05) is 0 Å². The minimum absolute atomic E-state index is 0.288. The van der Waals surface area contributed by atoms with Crippen LogP contribution in [0.25, 0.3) is 0 Å². The molecule has 5 atom stereocenters. The van der Waals surface area contributed by atoms with Crippen LogP contribution in [0.15, 0.2) is 23.8 Å². The molecule has 1 fully saturated rings. The van der Waals surface area contributed by atoms with Gasteiger partial charge in [-0.1, -0.05) is 37.1 Å². The largest absolute Gasteiger partial charge is 0.388 e. The molecule has 0 heterocycles. The number of hydrogen-bond acceptors (Lipinski definition) is 1. The highest BCUT2D eigenvalue weighted by Gasteiger charge is 2.41. The first-order valence-corrected chi connectivity index (χ1v) is 6.52. The molecule has 2 aliphatic rings. The summed E-state index contributed by atoms with van der Waals surface area (Å²) in [5.41, 5.74) is 2.56. The van der Waals surface area contributed by atoms with Gasteiger partial charge >= 0.3 is 0 Å². The molecule has 1 N–H and O–H groups in total. The van der Waals surface area contributed by atoms with Gasteiger partial charge in [-0.15, -0.1) is 0 Å². The Morgan fingerprint density at radius 3 is 2.75 bits per heavy atom. The zero-order chi connectivity index (χ0) is 11.9. The van der Waals surface area contributed by atoms with Gasteiger partial charge in [-0.3, -0.25) is 0 Å². The number of allylic oxidation sites excluding steroid dienone is 1. The molecule has 0 amide bonds. The zero-order valence-corrected chi connectivity index (χ0v) is 10.7. The highest BCUT2D eigenvalue weighted by atomic mass is 16.3. The second-order valence-corrected chi connectivity index (χ2v) is 5.96. The van der Waals surface area contributed by atoms with Gasteiger partial charge < -0.3 is 5.11 Å². The van der Waals surface area contributed by atoms with Crippen molar-refractivity contribution < 1.29 is 5.11 Å². The fraction of sp³-hybridized carbons (Fsp3) is 0.733. The Morgan fingerprint density at radius 2 is 2.12 bits per heavy atom. The van der Waals surface area contributed by atoms with E-state index in [1.165, 1.54) is 24.8 Å². The number of aliphatic hydroxyl groups is 1. The van der Waals surface area contributed by atoms with Crippen molar-refractivity contribution in [1.29, 1.82) is 0 Å². The lowest BCUT2D eigenvalue weighted by atomic mass is 9.61. The lowest BCUT2D eigenvalue weighted by molar-refractivity contribution is 0.0630. The lowest BCUT2D eigenvalue weighted by Gasteiger charge is -2.45. The van der Waals surface area contributed by atoms with Crippen LogP contribution in [0, 0.1) is 23.7 Å². The number of hydrogen-bond donors (Lipinski definition) is 1. The van der Waals surface area contributed by atoms with E-state index < -0.39 is 0 Å². The molecule has 1 unspecified atom stereocenters. The molecule has 2 aliphatic carbocycles. The average molecular weight is 220 g/mol.